The van der Waals surface area contributed by atoms with Crippen LogP contribution in [0.1, 0.15) is 17.4 Å². The van der Waals surface area contributed by atoms with E-state index in [1.54, 1.807) is 6.26 Å². The van der Waals surface area contributed by atoms with Crippen LogP contribution in [0.4, 0.5) is 0 Å². The summed E-state index contributed by atoms with van der Waals surface area (Å²) in [5.41, 5.74) is 1.01. The number of benzene rings is 1. The molecule has 0 N–H and O–H groups in total. The molecule has 0 spiro atoms. The van der Waals surface area contributed by atoms with Gasteiger partial charge in [-0.05, 0) is 18.6 Å². The molecule has 3 rings (SSSR count). The minimum absolute atomic E-state index is 0.137. The molecule has 0 unspecified atom stereocenters. The minimum atomic E-state index is -0.249. The highest BCUT2D eigenvalue weighted by Crippen LogP contribution is 2.24. The van der Waals surface area contributed by atoms with Gasteiger partial charge in [0, 0.05) is 31.1 Å². The molecule has 0 bridgehead atoms. The Morgan fingerprint density at radius 1 is 1.24 bits per heavy atom. The number of carbonyl (C=O) groups excluding carboxylic acids is 1. The Labute approximate surface area is 152 Å². The summed E-state index contributed by atoms with van der Waals surface area (Å²) in [5, 5.41) is 9.54. The van der Waals surface area contributed by atoms with Crippen molar-refractivity contribution in [3.05, 3.63) is 54.0 Å². The van der Waals surface area contributed by atoms with Crippen molar-refractivity contribution in [3.8, 4) is 6.07 Å². The van der Waals surface area contributed by atoms with E-state index in [-0.39, 0.29) is 11.9 Å². The quantitative estimate of drug-likeness (QED) is 0.772. The minimum Gasteiger partial charge on any atom is -0.468 e. The number of hydrogen-bond donors (Lipinski definition) is 0. The molecular formula is C19H21N3O2S. The lowest BCUT2D eigenvalue weighted by Gasteiger charge is -2.37. The van der Waals surface area contributed by atoms with Gasteiger partial charge in [0.2, 0.25) is 5.91 Å². The Hall–Kier alpha value is -2.23. The first kappa shape index (κ1) is 17.6. The smallest absolute Gasteiger partial charge is 0.233 e. The molecule has 2 heterocycles. The fraction of sp³-hybridized carbons (Fsp3) is 0.368. The first-order chi connectivity index (χ1) is 12.2. The monoisotopic (exact) mass is 355 g/mol. The van der Waals surface area contributed by atoms with E-state index in [1.807, 2.05) is 48.2 Å². The predicted molar refractivity (Wildman–Crippen MR) is 97.1 cm³/mol. The molecular weight excluding hydrogens is 334 g/mol. The van der Waals surface area contributed by atoms with Crippen LogP contribution in [0.15, 0.2) is 52.0 Å². The van der Waals surface area contributed by atoms with E-state index in [2.05, 4.69) is 11.0 Å². The van der Waals surface area contributed by atoms with Crippen molar-refractivity contribution in [1.29, 1.82) is 5.26 Å². The van der Waals surface area contributed by atoms with Gasteiger partial charge in [0.05, 0.1) is 18.1 Å². The largest absolute Gasteiger partial charge is 0.468 e. The second-order valence-electron chi connectivity index (χ2n) is 5.99. The normalized spacial score (nSPS) is 16.4. The zero-order chi connectivity index (χ0) is 17.6. The molecule has 0 saturated carbocycles. The third kappa shape index (κ3) is 4.25. The Morgan fingerprint density at radius 3 is 2.56 bits per heavy atom. The molecule has 0 aliphatic carbocycles. The summed E-state index contributed by atoms with van der Waals surface area (Å²) >= 11 is 1.51. The summed E-state index contributed by atoms with van der Waals surface area (Å²) in [6, 6.07) is 13.9. The molecule has 1 aliphatic rings. The van der Waals surface area contributed by atoms with Crippen molar-refractivity contribution in [2.45, 2.75) is 17.9 Å². The number of thioether (sulfide) groups is 1. The Morgan fingerprint density at radius 2 is 1.96 bits per heavy atom. The summed E-state index contributed by atoms with van der Waals surface area (Å²) in [6.45, 7) is 4.66. The number of amides is 1. The van der Waals surface area contributed by atoms with Crippen molar-refractivity contribution < 1.29 is 9.21 Å². The average molecular weight is 355 g/mol. The molecule has 130 valence electrons. The second-order valence-corrected chi connectivity index (χ2v) is 7.01. The van der Waals surface area contributed by atoms with Crippen LogP contribution in [0.5, 0.6) is 0 Å². The van der Waals surface area contributed by atoms with Crippen molar-refractivity contribution in [2.75, 3.05) is 31.9 Å². The molecule has 1 aromatic heterocycles. The van der Waals surface area contributed by atoms with E-state index in [9.17, 15) is 10.1 Å². The number of nitrogens with zero attached hydrogens (tertiary/aromatic N) is 3. The highest BCUT2D eigenvalue weighted by molar-refractivity contribution is 8.00. The molecule has 1 atom stereocenters. The second kappa shape index (κ2) is 8.24. The van der Waals surface area contributed by atoms with Crippen LogP contribution in [0.3, 0.4) is 0 Å². The van der Waals surface area contributed by atoms with E-state index >= 15 is 0 Å². The van der Waals surface area contributed by atoms with E-state index in [4.69, 9.17) is 4.42 Å². The maximum Gasteiger partial charge on any atom is 0.233 e. The molecule has 1 amide bonds. The van der Waals surface area contributed by atoms with Crippen molar-refractivity contribution in [1.82, 2.24) is 9.80 Å². The summed E-state index contributed by atoms with van der Waals surface area (Å²) in [4.78, 5) is 17.5. The van der Waals surface area contributed by atoms with Gasteiger partial charge < -0.3 is 9.32 Å². The molecule has 1 aliphatic heterocycles. The van der Waals surface area contributed by atoms with Crippen LogP contribution in [-0.4, -0.2) is 47.6 Å². The number of carbonyl (C=O) groups is 1. The zero-order valence-corrected chi connectivity index (χ0v) is 15.0. The van der Waals surface area contributed by atoms with Crippen LogP contribution in [0, 0.1) is 18.3 Å². The van der Waals surface area contributed by atoms with E-state index in [1.165, 1.54) is 11.8 Å². The van der Waals surface area contributed by atoms with E-state index in [0.717, 1.165) is 16.2 Å². The topological polar surface area (TPSA) is 60.5 Å². The van der Waals surface area contributed by atoms with Crippen LogP contribution in [0.2, 0.25) is 0 Å². The Balaban J connectivity index is 1.52. The third-order valence-corrected chi connectivity index (χ3v) is 5.56. The lowest BCUT2D eigenvalue weighted by Crippen LogP contribution is -2.50. The molecule has 1 aromatic carbocycles. The maximum absolute atomic E-state index is 12.4. The summed E-state index contributed by atoms with van der Waals surface area (Å²) < 4.78 is 5.25. The first-order valence-electron chi connectivity index (χ1n) is 8.32. The molecule has 25 heavy (non-hydrogen) atoms. The summed E-state index contributed by atoms with van der Waals surface area (Å²) in [7, 11) is 0. The Kier molecular flexibility index (Phi) is 5.79. The molecule has 5 nitrogen and oxygen atoms in total. The van der Waals surface area contributed by atoms with Crippen molar-refractivity contribution in [3.63, 3.8) is 0 Å². The number of furan rings is 1. The van der Waals surface area contributed by atoms with E-state index in [0.29, 0.717) is 31.9 Å². The van der Waals surface area contributed by atoms with Crippen LogP contribution >= 0.6 is 11.8 Å². The van der Waals surface area contributed by atoms with Crippen molar-refractivity contribution >= 4 is 17.7 Å². The highest BCUT2D eigenvalue weighted by Gasteiger charge is 2.27. The van der Waals surface area contributed by atoms with Gasteiger partial charge in [-0.1, -0.05) is 30.3 Å². The third-order valence-electron chi connectivity index (χ3n) is 4.43. The van der Waals surface area contributed by atoms with Crippen molar-refractivity contribution in [2.24, 2.45) is 0 Å². The number of aryl methyl sites for hydroxylation is 1. The molecule has 2 aromatic rings. The first-order valence-corrected chi connectivity index (χ1v) is 9.31. The fourth-order valence-corrected chi connectivity index (χ4v) is 3.85. The highest BCUT2D eigenvalue weighted by atomic mass is 32.2. The van der Waals surface area contributed by atoms with Gasteiger partial charge >= 0.3 is 0 Å². The van der Waals surface area contributed by atoms with Gasteiger partial charge in [-0.2, -0.15) is 5.26 Å². The predicted octanol–water partition coefficient (Wildman–Crippen LogP) is 3.09. The fourth-order valence-electron chi connectivity index (χ4n) is 2.99. The standard InChI is InChI=1S/C19H21N3O2S/c1-15-18(7-12-24-15)25-14-19(23)22-10-8-21(9-11-22)17(13-20)16-5-3-2-4-6-16/h2-7,12,17H,8-11,14H2,1H3/t17-/m0/s1. The summed E-state index contributed by atoms with van der Waals surface area (Å²) in [5.74, 6) is 1.40. The zero-order valence-electron chi connectivity index (χ0n) is 14.2. The number of hydrogen-bond acceptors (Lipinski definition) is 5. The van der Waals surface area contributed by atoms with Crippen LogP contribution in [-0.2, 0) is 4.79 Å². The SMILES string of the molecule is Cc1occc1SCC(=O)N1CCN([C@@H](C#N)c2ccccc2)CC1. The van der Waals surface area contributed by atoms with Gasteiger partial charge in [-0.3, -0.25) is 9.69 Å². The molecule has 1 fully saturated rings. The molecule has 6 heteroatoms. The lowest BCUT2D eigenvalue weighted by molar-refractivity contribution is -0.130. The Bertz CT molecular complexity index is 746. The number of nitriles is 1. The van der Waals surface area contributed by atoms with Gasteiger partial charge in [0.1, 0.15) is 11.8 Å². The lowest BCUT2D eigenvalue weighted by atomic mass is 10.1. The van der Waals surface area contributed by atoms with Crippen LogP contribution in [0.25, 0.3) is 0 Å². The molecule has 1 saturated heterocycles. The van der Waals surface area contributed by atoms with Gasteiger partial charge in [0.25, 0.3) is 0 Å². The van der Waals surface area contributed by atoms with Crippen LogP contribution < -0.4 is 0 Å². The van der Waals surface area contributed by atoms with Gasteiger partial charge in [-0.25, -0.2) is 0 Å². The maximum atomic E-state index is 12.4. The van der Waals surface area contributed by atoms with Gasteiger partial charge in [0.15, 0.2) is 0 Å². The molecule has 0 radical (unpaired) electrons. The number of piperazine rings is 1. The van der Waals surface area contributed by atoms with Gasteiger partial charge in [-0.15, -0.1) is 11.8 Å². The number of rotatable bonds is 5. The van der Waals surface area contributed by atoms with E-state index < -0.39 is 0 Å². The summed E-state index contributed by atoms with van der Waals surface area (Å²) in [6.07, 6.45) is 1.65. The average Bonchev–Trinajstić information content (AvgIpc) is 3.07.